The molecule has 0 radical (unpaired) electrons. The smallest absolute Gasteiger partial charge is 0.0537 e. The standard InChI is InChI=1S/C19H25NO/c1-16-9-7-8-10-17(16)13-20(3)14-19(2,15-21)18-11-5-4-6-12-18/h4-12,21H,13-15H2,1-3H3. The molecule has 1 unspecified atom stereocenters. The Morgan fingerprint density at radius 2 is 1.62 bits per heavy atom. The molecule has 0 bridgehead atoms. The van der Waals surface area contributed by atoms with Gasteiger partial charge in [-0.2, -0.15) is 0 Å². The Kier molecular flexibility index (Phi) is 5.16. The van der Waals surface area contributed by atoms with Crippen molar-refractivity contribution in [3.8, 4) is 0 Å². The second kappa shape index (κ2) is 6.88. The normalized spacial score (nSPS) is 14.1. The lowest BCUT2D eigenvalue weighted by molar-refractivity contribution is 0.156. The van der Waals surface area contributed by atoms with Gasteiger partial charge in [0.15, 0.2) is 0 Å². The molecule has 0 aromatic heterocycles. The Morgan fingerprint density at radius 3 is 2.24 bits per heavy atom. The van der Waals surface area contributed by atoms with E-state index in [1.165, 1.54) is 16.7 Å². The summed E-state index contributed by atoms with van der Waals surface area (Å²) in [6.07, 6.45) is 0. The summed E-state index contributed by atoms with van der Waals surface area (Å²) in [5.74, 6) is 0. The van der Waals surface area contributed by atoms with Gasteiger partial charge in [-0.1, -0.05) is 61.5 Å². The predicted octanol–water partition coefficient (Wildman–Crippen LogP) is 3.38. The van der Waals surface area contributed by atoms with E-state index in [1.54, 1.807) is 0 Å². The van der Waals surface area contributed by atoms with E-state index in [0.29, 0.717) is 0 Å². The number of likely N-dealkylation sites (N-methyl/N-ethyl adjacent to an activating group) is 1. The van der Waals surface area contributed by atoms with E-state index in [2.05, 4.69) is 62.2 Å². The van der Waals surface area contributed by atoms with Crippen LogP contribution in [0.3, 0.4) is 0 Å². The molecule has 2 nitrogen and oxygen atoms in total. The van der Waals surface area contributed by atoms with Gasteiger partial charge < -0.3 is 10.0 Å². The summed E-state index contributed by atoms with van der Waals surface area (Å²) in [6.45, 7) is 6.13. The van der Waals surface area contributed by atoms with Crippen LogP contribution in [0.2, 0.25) is 0 Å². The van der Waals surface area contributed by atoms with Gasteiger partial charge in [-0.3, -0.25) is 0 Å². The highest BCUT2D eigenvalue weighted by Gasteiger charge is 2.27. The molecule has 0 aliphatic heterocycles. The first-order chi connectivity index (χ1) is 10.0. The molecule has 2 aromatic carbocycles. The molecule has 112 valence electrons. The molecule has 1 N–H and O–H groups in total. The number of benzene rings is 2. The first-order valence-corrected chi connectivity index (χ1v) is 7.44. The monoisotopic (exact) mass is 283 g/mol. The van der Waals surface area contributed by atoms with Crippen LogP contribution in [0.25, 0.3) is 0 Å². The Hall–Kier alpha value is -1.64. The Morgan fingerprint density at radius 1 is 1.00 bits per heavy atom. The lowest BCUT2D eigenvalue weighted by Crippen LogP contribution is -2.39. The van der Waals surface area contributed by atoms with Crippen LogP contribution in [0.5, 0.6) is 0 Å². The van der Waals surface area contributed by atoms with Crippen LogP contribution in [-0.2, 0) is 12.0 Å². The van der Waals surface area contributed by atoms with Crippen molar-refractivity contribution in [2.75, 3.05) is 20.2 Å². The number of aliphatic hydroxyl groups is 1. The van der Waals surface area contributed by atoms with Gasteiger partial charge in [0, 0.05) is 18.5 Å². The second-order valence-corrected chi connectivity index (χ2v) is 6.18. The minimum atomic E-state index is -0.237. The minimum Gasteiger partial charge on any atom is -0.395 e. The van der Waals surface area contributed by atoms with Crippen molar-refractivity contribution < 1.29 is 5.11 Å². The summed E-state index contributed by atoms with van der Waals surface area (Å²) in [5.41, 5.74) is 3.60. The van der Waals surface area contributed by atoms with Crippen LogP contribution >= 0.6 is 0 Å². The van der Waals surface area contributed by atoms with Crippen LogP contribution in [0, 0.1) is 6.92 Å². The van der Waals surface area contributed by atoms with E-state index in [9.17, 15) is 5.11 Å². The third kappa shape index (κ3) is 3.93. The maximum Gasteiger partial charge on any atom is 0.0537 e. The predicted molar refractivity (Wildman–Crippen MR) is 88.4 cm³/mol. The highest BCUT2D eigenvalue weighted by atomic mass is 16.3. The fourth-order valence-electron chi connectivity index (χ4n) is 2.80. The summed E-state index contributed by atoms with van der Waals surface area (Å²) in [4.78, 5) is 2.28. The maximum absolute atomic E-state index is 9.88. The average Bonchev–Trinajstić information content (AvgIpc) is 2.50. The molecule has 2 heteroatoms. The highest BCUT2D eigenvalue weighted by Crippen LogP contribution is 2.24. The van der Waals surface area contributed by atoms with E-state index >= 15 is 0 Å². The van der Waals surface area contributed by atoms with Crippen LogP contribution in [0.1, 0.15) is 23.6 Å². The third-order valence-corrected chi connectivity index (χ3v) is 4.14. The molecule has 0 aliphatic carbocycles. The summed E-state index contributed by atoms with van der Waals surface area (Å²) in [6, 6.07) is 18.7. The molecule has 2 rings (SSSR count). The Balaban J connectivity index is 2.10. The molecule has 0 fully saturated rings. The molecule has 0 saturated carbocycles. The van der Waals surface area contributed by atoms with E-state index < -0.39 is 0 Å². The number of aryl methyl sites for hydroxylation is 1. The first kappa shape index (κ1) is 15.7. The van der Waals surface area contributed by atoms with Crippen molar-refractivity contribution in [1.82, 2.24) is 4.90 Å². The molecular formula is C19H25NO. The number of aliphatic hydroxyl groups excluding tert-OH is 1. The average molecular weight is 283 g/mol. The molecule has 1 atom stereocenters. The van der Waals surface area contributed by atoms with Gasteiger partial charge in [0.1, 0.15) is 0 Å². The minimum absolute atomic E-state index is 0.148. The van der Waals surface area contributed by atoms with Crippen molar-refractivity contribution in [3.05, 3.63) is 71.3 Å². The van der Waals surface area contributed by atoms with Gasteiger partial charge in [-0.05, 0) is 30.7 Å². The van der Waals surface area contributed by atoms with Crippen molar-refractivity contribution in [1.29, 1.82) is 0 Å². The quantitative estimate of drug-likeness (QED) is 0.878. The van der Waals surface area contributed by atoms with Crippen molar-refractivity contribution in [2.24, 2.45) is 0 Å². The topological polar surface area (TPSA) is 23.5 Å². The largest absolute Gasteiger partial charge is 0.395 e. The zero-order valence-electron chi connectivity index (χ0n) is 13.2. The van der Waals surface area contributed by atoms with Gasteiger partial charge in [-0.25, -0.2) is 0 Å². The molecule has 2 aromatic rings. The fourth-order valence-corrected chi connectivity index (χ4v) is 2.80. The molecule has 0 spiro atoms. The molecular weight excluding hydrogens is 258 g/mol. The van der Waals surface area contributed by atoms with E-state index in [1.807, 2.05) is 18.2 Å². The zero-order chi connectivity index (χ0) is 15.3. The van der Waals surface area contributed by atoms with E-state index in [-0.39, 0.29) is 12.0 Å². The van der Waals surface area contributed by atoms with Crippen molar-refractivity contribution >= 4 is 0 Å². The molecule has 0 amide bonds. The summed E-state index contributed by atoms with van der Waals surface area (Å²) in [7, 11) is 2.11. The third-order valence-electron chi connectivity index (χ3n) is 4.14. The van der Waals surface area contributed by atoms with Crippen molar-refractivity contribution in [2.45, 2.75) is 25.8 Å². The van der Waals surface area contributed by atoms with Gasteiger partial charge in [0.2, 0.25) is 0 Å². The number of hydrogen-bond acceptors (Lipinski definition) is 2. The first-order valence-electron chi connectivity index (χ1n) is 7.44. The Labute approximate surface area is 128 Å². The van der Waals surface area contributed by atoms with Gasteiger partial charge in [0.05, 0.1) is 6.61 Å². The lowest BCUT2D eigenvalue weighted by Gasteiger charge is -2.33. The van der Waals surface area contributed by atoms with E-state index in [4.69, 9.17) is 0 Å². The Bertz CT molecular complexity index is 567. The highest BCUT2D eigenvalue weighted by molar-refractivity contribution is 5.27. The molecule has 21 heavy (non-hydrogen) atoms. The van der Waals surface area contributed by atoms with Gasteiger partial charge in [0.25, 0.3) is 0 Å². The molecule has 0 aliphatic rings. The van der Waals surface area contributed by atoms with Crippen molar-refractivity contribution in [3.63, 3.8) is 0 Å². The van der Waals surface area contributed by atoms with Gasteiger partial charge in [-0.15, -0.1) is 0 Å². The summed E-state index contributed by atoms with van der Waals surface area (Å²) >= 11 is 0. The maximum atomic E-state index is 9.88. The van der Waals surface area contributed by atoms with Crippen LogP contribution < -0.4 is 0 Å². The SMILES string of the molecule is Cc1ccccc1CN(C)CC(C)(CO)c1ccccc1. The number of nitrogens with zero attached hydrogens (tertiary/aromatic N) is 1. The summed E-state index contributed by atoms with van der Waals surface area (Å²) in [5, 5.41) is 9.88. The molecule has 0 heterocycles. The van der Waals surface area contributed by atoms with Crippen LogP contribution in [-0.4, -0.2) is 30.2 Å². The van der Waals surface area contributed by atoms with Crippen LogP contribution in [0.4, 0.5) is 0 Å². The number of hydrogen-bond donors (Lipinski definition) is 1. The fraction of sp³-hybridized carbons (Fsp3) is 0.368. The zero-order valence-corrected chi connectivity index (χ0v) is 13.2. The van der Waals surface area contributed by atoms with Crippen LogP contribution in [0.15, 0.2) is 54.6 Å². The van der Waals surface area contributed by atoms with Gasteiger partial charge >= 0.3 is 0 Å². The summed E-state index contributed by atoms with van der Waals surface area (Å²) < 4.78 is 0. The van der Waals surface area contributed by atoms with E-state index in [0.717, 1.165) is 13.1 Å². The second-order valence-electron chi connectivity index (χ2n) is 6.18. The molecule has 0 saturated heterocycles. The number of rotatable bonds is 6. The lowest BCUT2D eigenvalue weighted by atomic mass is 9.82.